The van der Waals surface area contributed by atoms with Gasteiger partial charge in [-0.15, -0.1) is 0 Å². The average molecular weight is 314 g/mol. The SMILES string of the molecule is O=C(COc1ccc(Cl)c([N+](=O)O)c1)NC1CCCCC1. The lowest BCUT2D eigenvalue weighted by Crippen LogP contribution is -2.38. The van der Waals surface area contributed by atoms with Crippen molar-refractivity contribution in [3.8, 4) is 5.75 Å². The Morgan fingerprint density at radius 2 is 2.10 bits per heavy atom. The van der Waals surface area contributed by atoms with E-state index in [1.165, 1.54) is 24.6 Å². The predicted molar refractivity (Wildman–Crippen MR) is 77.0 cm³/mol. The first kappa shape index (κ1) is 15.6. The third kappa shape index (κ3) is 4.60. The fourth-order valence-electron chi connectivity index (χ4n) is 2.39. The highest BCUT2D eigenvalue weighted by Crippen LogP contribution is 2.28. The van der Waals surface area contributed by atoms with Crippen LogP contribution in [0.3, 0.4) is 0 Å². The summed E-state index contributed by atoms with van der Waals surface area (Å²) in [5.74, 6) is 0.101. The molecule has 0 aliphatic heterocycles. The molecule has 114 valence electrons. The molecule has 0 unspecified atom stereocenters. The van der Waals surface area contributed by atoms with Crippen LogP contribution in [0.4, 0.5) is 5.69 Å². The summed E-state index contributed by atoms with van der Waals surface area (Å²) in [5, 5.41) is 11.9. The van der Waals surface area contributed by atoms with Crippen LogP contribution in [-0.2, 0) is 4.79 Å². The van der Waals surface area contributed by atoms with Gasteiger partial charge in [-0.05, 0) is 25.0 Å². The molecule has 1 aliphatic carbocycles. The standard InChI is InChI=1S/C14H17ClN2O4/c15-12-7-6-11(8-13(12)17(19)20)21-9-14(18)16-10-4-2-1-3-5-10/h6-8,10H,1-5,9H2,(H-,16,18,19,20)/p+1. The van der Waals surface area contributed by atoms with Crippen LogP contribution in [0.5, 0.6) is 5.75 Å². The van der Waals surface area contributed by atoms with Crippen LogP contribution in [-0.4, -0.2) is 28.7 Å². The molecule has 1 fully saturated rings. The molecule has 6 nitrogen and oxygen atoms in total. The van der Waals surface area contributed by atoms with Crippen molar-refractivity contribution in [2.24, 2.45) is 0 Å². The minimum absolute atomic E-state index is 0.103. The number of nitrogens with zero attached hydrogens (tertiary/aromatic N) is 1. The number of hydrogen-bond donors (Lipinski definition) is 2. The van der Waals surface area contributed by atoms with Crippen LogP contribution < -0.4 is 10.1 Å². The van der Waals surface area contributed by atoms with Crippen LogP contribution in [0, 0.1) is 4.91 Å². The number of benzene rings is 1. The molecule has 0 radical (unpaired) electrons. The van der Waals surface area contributed by atoms with Gasteiger partial charge in [0.2, 0.25) is 0 Å². The number of nitrogens with one attached hydrogen (secondary N) is 1. The van der Waals surface area contributed by atoms with Gasteiger partial charge in [0.05, 0.1) is 11.0 Å². The molecule has 21 heavy (non-hydrogen) atoms. The normalized spacial score (nSPS) is 15.5. The van der Waals surface area contributed by atoms with Crippen LogP contribution in [0.15, 0.2) is 18.2 Å². The Morgan fingerprint density at radius 1 is 1.38 bits per heavy atom. The second-order valence-corrected chi connectivity index (χ2v) is 5.48. The Morgan fingerprint density at radius 3 is 2.76 bits per heavy atom. The molecule has 7 heteroatoms. The molecule has 1 amide bonds. The smallest absolute Gasteiger partial charge is 0.338 e. The van der Waals surface area contributed by atoms with Gasteiger partial charge in [0, 0.05) is 6.04 Å². The van der Waals surface area contributed by atoms with E-state index in [4.69, 9.17) is 21.5 Å². The summed E-state index contributed by atoms with van der Waals surface area (Å²) in [5.41, 5.74) is -0.123. The lowest BCUT2D eigenvalue weighted by atomic mass is 9.95. The average Bonchev–Trinajstić information content (AvgIpc) is 2.47. The summed E-state index contributed by atoms with van der Waals surface area (Å²) < 4.78 is 5.31. The van der Waals surface area contributed by atoms with Crippen molar-refractivity contribution in [3.63, 3.8) is 0 Å². The Bertz CT molecular complexity index is 530. The first-order chi connectivity index (χ1) is 10.1. The Labute approximate surface area is 127 Å². The van der Waals surface area contributed by atoms with Crippen LogP contribution in [0.25, 0.3) is 0 Å². The molecule has 0 spiro atoms. The zero-order valence-corrected chi connectivity index (χ0v) is 12.3. The molecule has 1 saturated carbocycles. The van der Waals surface area contributed by atoms with E-state index in [9.17, 15) is 9.70 Å². The van der Waals surface area contributed by atoms with E-state index in [0.717, 1.165) is 25.7 Å². The maximum absolute atomic E-state index is 11.8. The predicted octanol–water partition coefficient (Wildman–Crippen LogP) is 2.97. The van der Waals surface area contributed by atoms with Crippen LogP contribution in [0.1, 0.15) is 32.1 Å². The van der Waals surface area contributed by atoms with Crippen molar-refractivity contribution < 1.29 is 19.7 Å². The van der Waals surface area contributed by atoms with Crippen molar-refractivity contribution in [2.45, 2.75) is 38.1 Å². The van der Waals surface area contributed by atoms with Gasteiger partial charge in [0.15, 0.2) is 6.61 Å². The molecule has 1 aliphatic rings. The van der Waals surface area contributed by atoms with E-state index in [1.54, 1.807) is 0 Å². The summed E-state index contributed by atoms with van der Waals surface area (Å²) in [6.07, 6.45) is 5.52. The molecule has 1 aromatic rings. The molecule has 0 saturated heterocycles. The van der Waals surface area contributed by atoms with Crippen LogP contribution >= 0.6 is 11.6 Å². The lowest BCUT2D eigenvalue weighted by molar-refractivity contribution is -0.729. The highest BCUT2D eigenvalue weighted by Gasteiger charge is 2.19. The quantitative estimate of drug-likeness (QED) is 0.819. The summed E-state index contributed by atoms with van der Waals surface area (Å²) >= 11 is 5.75. The molecule has 2 N–H and O–H groups in total. The fraction of sp³-hybridized carbons (Fsp3) is 0.500. The number of rotatable bonds is 5. The van der Waals surface area contributed by atoms with Gasteiger partial charge < -0.3 is 10.1 Å². The van der Waals surface area contributed by atoms with E-state index in [-0.39, 0.29) is 34.2 Å². The first-order valence-electron chi connectivity index (χ1n) is 6.94. The molecular weight excluding hydrogens is 296 g/mol. The van der Waals surface area contributed by atoms with Crippen molar-refractivity contribution in [1.82, 2.24) is 5.32 Å². The van der Waals surface area contributed by atoms with Crippen LogP contribution in [0.2, 0.25) is 5.02 Å². The monoisotopic (exact) mass is 313 g/mol. The number of carbonyl (C=O) groups excluding carboxylic acids is 1. The highest BCUT2D eigenvalue weighted by molar-refractivity contribution is 6.32. The highest BCUT2D eigenvalue weighted by atomic mass is 35.5. The van der Waals surface area contributed by atoms with Crippen molar-refractivity contribution in [3.05, 3.63) is 28.1 Å². The van der Waals surface area contributed by atoms with Crippen molar-refractivity contribution >= 4 is 23.2 Å². The molecule has 2 rings (SSSR count). The van der Waals surface area contributed by atoms with E-state index >= 15 is 0 Å². The number of halogens is 1. The molecule has 0 heterocycles. The number of carbonyl (C=O) groups is 1. The van der Waals surface area contributed by atoms with Gasteiger partial charge in [0.25, 0.3) is 10.8 Å². The Balaban J connectivity index is 1.86. The maximum Gasteiger partial charge on any atom is 0.338 e. The minimum Gasteiger partial charge on any atom is -0.484 e. The van der Waals surface area contributed by atoms with Crippen molar-refractivity contribution in [1.29, 1.82) is 0 Å². The second-order valence-electron chi connectivity index (χ2n) is 5.08. The van der Waals surface area contributed by atoms with E-state index in [0.29, 0.717) is 5.75 Å². The number of ether oxygens (including phenoxy) is 1. The zero-order chi connectivity index (χ0) is 15.2. The second kappa shape index (κ2) is 7.26. The van der Waals surface area contributed by atoms with Gasteiger partial charge >= 0.3 is 5.69 Å². The number of amides is 1. The van der Waals surface area contributed by atoms with Gasteiger partial charge in [0.1, 0.15) is 10.8 Å². The minimum atomic E-state index is -0.336. The Kier molecular flexibility index (Phi) is 5.38. The number of hydrogen-bond acceptors (Lipinski definition) is 3. The fourth-order valence-corrected chi connectivity index (χ4v) is 2.58. The molecule has 0 atom stereocenters. The first-order valence-corrected chi connectivity index (χ1v) is 7.32. The van der Waals surface area contributed by atoms with Crippen molar-refractivity contribution in [2.75, 3.05) is 6.61 Å². The maximum atomic E-state index is 11.8. The molecule has 1 aromatic carbocycles. The van der Waals surface area contributed by atoms with E-state index < -0.39 is 0 Å². The van der Waals surface area contributed by atoms with Gasteiger partial charge in [-0.25, -0.2) is 5.21 Å². The molecule has 0 aromatic heterocycles. The zero-order valence-electron chi connectivity index (χ0n) is 11.5. The topological polar surface area (TPSA) is 78.6 Å². The third-order valence-corrected chi connectivity index (χ3v) is 3.78. The molecule has 0 bridgehead atoms. The summed E-state index contributed by atoms with van der Waals surface area (Å²) in [4.78, 5) is 22.3. The van der Waals surface area contributed by atoms with Gasteiger partial charge in [-0.1, -0.05) is 30.9 Å². The molecular formula is C14H18ClN2O4+. The summed E-state index contributed by atoms with van der Waals surface area (Å²) in [7, 11) is 0. The summed E-state index contributed by atoms with van der Waals surface area (Å²) in [6, 6.07) is 4.46. The summed E-state index contributed by atoms with van der Waals surface area (Å²) in [6.45, 7) is -0.137. The van der Waals surface area contributed by atoms with E-state index in [2.05, 4.69) is 5.32 Å². The van der Waals surface area contributed by atoms with Gasteiger partial charge in [-0.3, -0.25) is 4.79 Å². The van der Waals surface area contributed by atoms with E-state index in [1.807, 2.05) is 0 Å². The van der Waals surface area contributed by atoms with Gasteiger partial charge in [-0.2, -0.15) is 0 Å². The largest absolute Gasteiger partial charge is 0.484 e. The Hall–Kier alpha value is -1.82. The third-order valence-electron chi connectivity index (χ3n) is 3.46. The lowest BCUT2D eigenvalue weighted by Gasteiger charge is -2.22.